The van der Waals surface area contributed by atoms with Gasteiger partial charge in [-0.1, -0.05) is 11.6 Å². The molecular weight excluding hydrogens is 294 g/mol. The molecule has 2 aromatic rings. The van der Waals surface area contributed by atoms with Gasteiger partial charge in [-0.2, -0.15) is 0 Å². The summed E-state index contributed by atoms with van der Waals surface area (Å²) in [5, 5.41) is 3.53. The highest BCUT2D eigenvalue weighted by Crippen LogP contribution is 2.35. The number of halogens is 1. The monoisotopic (exact) mass is 307 g/mol. The minimum Gasteiger partial charge on any atom is -0.454 e. The second-order valence-corrected chi connectivity index (χ2v) is 4.71. The second kappa shape index (κ2) is 6.15. The van der Waals surface area contributed by atoms with E-state index >= 15 is 0 Å². The number of rotatable bonds is 5. The molecule has 1 N–H and O–H groups in total. The lowest BCUT2D eigenvalue weighted by Crippen LogP contribution is -2.02. The normalized spacial score (nSPS) is 12.5. The Morgan fingerprint density at radius 1 is 1.24 bits per heavy atom. The van der Waals surface area contributed by atoms with Crippen LogP contribution in [0, 0.1) is 0 Å². The van der Waals surface area contributed by atoms with Gasteiger partial charge in [-0.05, 0) is 19.1 Å². The number of aromatic nitrogens is 2. The summed E-state index contributed by atoms with van der Waals surface area (Å²) in [6.45, 7) is 3.08. The Balaban J connectivity index is 1.79. The highest BCUT2D eigenvalue weighted by atomic mass is 35.5. The Morgan fingerprint density at radius 2 is 2.10 bits per heavy atom. The summed E-state index contributed by atoms with van der Waals surface area (Å²) in [4.78, 5) is 8.47. The summed E-state index contributed by atoms with van der Waals surface area (Å²) in [5.74, 6) is 2.57. The van der Waals surface area contributed by atoms with E-state index in [0.717, 1.165) is 11.4 Å². The number of fused-ring (bicyclic) bond motifs is 1. The van der Waals surface area contributed by atoms with Crippen LogP contribution < -0.4 is 14.8 Å². The molecular formula is C14H14ClN3O3. The molecule has 0 atom stereocenters. The topological polar surface area (TPSA) is 65.5 Å². The van der Waals surface area contributed by atoms with E-state index in [-0.39, 0.29) is 6.79 Å². The molecule has 0 saturated carbocycles. The number of nitrogens with zero attached hydrogens (tertiary/aromatic N) is 2. The van der Waals surface area contributed by atoms with Crippen molar-refractivity contribution in [1.29, 1.82) is 0 Å². The fraction of sp³-hybridized carbons (Fsp3) is 0.286. The Morgan fingerprint density at radius 3 is 2.95 bits per heavy atom. The number of nitrogens with one attached hydrogen (secondary N) is 1. The minimum absolute atomic E-state index is 0.247. The smallest absolute Gasteiger partial charge is 0.231 e. The highest BCUT2D eigenvalue weighted by Gasteiger charge is 2.13. The zero-order valence-corrected chi connectivity index (χ0v) is 12.2. The van der Waals surface area contributed by atoms with E-state index < -0.39 is 0 Å². The van der Waals surface area contributed by atoms with Gasteiger partial charge < -0.3 is 19.5 Å². The molecule has 0 aliphatic carbocycles. The van der Waals surface area contributed by atoms with Crippen LogP contribution in [-0.4, -0.2) is 23.4 Å². The quantitative estimate of drug-likeness (QED) is 0.856. The fourth-order valence-corrected chi connectivity index (χ4v) is 2.11. The van der Waals surface area contributed by atoms with Crippen LogP contribution in [-0.2, 0) is 11.3 Å². The summed E-state index contributed by atoms with van der Waals surface area (Å²) >= 11 is 6.00. The number of hydrogen-bond donors (Lipinski definition) is 1. The summed E-state index contributed by atoms with van der Waals surface area (Å²) in [7, 11) is 0. The van der Waals surface area contributed by atoms with Gasteiger partial charge in [0.2, 0.25) is 6.79 Å². The SMILES string of the molecule is CCOCc1nc(Cl)cc(Nc2ccc3c(c2)OCO3)n1. The average molecular weight is 308 g/mol. The zero-order chi connectivity index (χ0) is 14.7. The van der Waals surface area contributed by atoms with E-state index in [1.165, 1.54) is 0 Å². The Bertz CT molecular complexity index is 651. The lowest BCUT2D eigenvalue weighted by molar-refractivity contribution is 0.128. The number of ether oxygens (including phenoxy) is 3. The van der Waals surface area contributed by atoms with E-state index in [4.69, 9.17) is 25.8 Å². The Kier molecular flexibility index (Phi) is 4.08. The van der Waals surface area contributed by atoms with Crippen LogP contribution in [0.15, 0.2) is 24.3 Å². The minimum atomic E-state index is 0.247. The summed E-state index contributed by atoms with van der Waals surface area (Å²) < 4.78 is 15.9. The van der Waals surface area contributed by atoms with Crippen molar-refractivity contribution < 1.29 is 14.2 Å². The predicted octanol–water partition coefficient (Wildman–Crippen LogP) is 3.14. The first-order valence-corrected chi connectivity index (χ1v) is 6.90. The van der Waals surface area contributed by atoms with Crippen LogP contribution in [0.25, 0.3) is 0 Å². The van der Waals surface area contributed by atoms with E-state index in [1.807, 2.05) is 25.1 Å². The van der Waals surface area contributed by atoms with Crippen LogP contribution in [0.1, 0.15) is 12.7 Å². The third-order valence-corrected chi connectivity index (χ3v) is 3.02. The number of hydrogen-bond acceptors (Lipinski definition) is 6. The maximum absolute atomic E-state index is 6.00. The lowest BCUT2D eigenvalue weighted by atomic mass is 10.3. The molecule has 21 heavy (non-hydrogen) atoms. The molecule has 110 valence electrons. The van der Waals surface area contributed by atoms with Crippen LogP contribution in [0.2, 0.25) is 5.15 Å². The molecule has 0 bridgehead atoms. The van der Waals surface area contributed by atoms with Crippen molar-refractivity contribution in [2.24, 2.45) is 0 Å². The summed E-state index contributed by atoms with van der Waals surface area (Å²) in [6, 6.07) is 7.22. The third-order valence-electron chi connectivity index (χ3n) is 2.82. The molecule has 0 spiro atoms. The standard InChI is InChI=1S/C14H14ClN3O3/c1-2-19-7-14-17-12(15)6-13(18-14)16-9-3-4-10-11(5-9)21-8-20-10/h3-6H,2,7-8H2,1H3,(H,16,17,18). The van der Waals surface area contributed by atoms with Gasteiger partial charge in [-0.3, -0.25) is 0 Å². The first kappa shape index (κ1) is 13.9. The van der Waals surface area contributed by atoms with Gasteiger partial charge in [-0.25, -0.2) is 9.97 Å². The second-order valence-electron chi connectivity index (χ2n) is 4.32. The molecule has 0 radical (unpaired) electrons. The molecule has 7 heteroatoms. The molecule has 3 rings (SSSR count). The van der Waals surface area contributed by atoms with Gasteiger partial charge in [0.15, 0.2) is 17.3 Å². The molecule has 1 aromatic carbocycles. The van der Waals surface area contributed by atoms with Gasteiger partial charge in [0.25, 0.3) is 0 Å². The predicted molar refractivity (Wildman–Crippen MR) is 78.2 cm³/mol. The van der Waals surface area contributed by atoms with Gasteiger partial charge in [0.05, 0.1) is 0 Å². The first-order valence-electron chi connectivity index (χ1n) is 6.52. The molecule has 0 unspecified atom stereocenters. The fourth-order valence-electron chi connectivity index (χ4n) is 1.91. The lowest BCUT2D eigenvalue weighted by Gasteiger charge is -2.08. The largest absolute Gasteiger partial charge is 0.454 e. The maximum Gasteiger partial charge on any atom is 0.231 e. The molecule has 1 aromatic heterocycles. The Labute approximate surface area is 127 Å². The van der Waals surface area contributed by atoms with Crippen LogP contribution in [0.5, 0.6) is 11.5 Å². The molecule has 1 aliphatic rings. The van der Waals surface area contributed by atoms with Crippen molar-refractivity contribution in [1.82, 2.24) is 9.97 Å². The van der Waals surface area contributed by atoms with E-state index in [1.54, 1.807) is 6.07 Å². The van der Waals surface area contributed by atoms with Gasteiger partial charge in [0.1, 0.15) is 17.6 Å². The maximum atomic E-state index is 6.00. The van der Waals surface area contributed by atoms with Gasteiger partial charge in [-0.15, -0.1) is 0 Å². The van der Waals surface area contributed by atoms with E-state index in [0.29, 0.717) is 35.8 Å². The van der Waals surface area contributed by atoms with Crippen LogP contribution in [0.4, 0.5) is 11.5 Å². The number of anilines is 2. The molecule has 6 nitrogen and oxygen atoms in total. The Hall–Kier alpha value is -2.05. The van der Waals surface area contributed by atoms with Crippen molar-refractivity contribution in [2.75, 3.05) is 18.7 Å². The van der Waals surface area contributed by atoms with Gasteiger partial charge >= 0.3 is 0 Å². The molecule has 0 saturated heterocycles. The van der Waals surface area contributed by atoms with Crippen molar-refractivity contribution >= 4 is 23.1 Å². The average Bonchev–Trinajstić information content (AvgIpc) is 2.92. The summed E-state index contributed by atoms with van der Waals surface area (Å²) in [5.41, 5.74) is 0.830. The van der Waals surface area contributed by atoms with E-state index in [2.05, 4.69) is 15.3 Å². The molecule has 0 amide bonds. The highest BCUT2D eigenvalue weighted by molar-refractivity contribution is 6.29. The van der Waals surface area contributed by atoms with Crippen molar-refractivity contribution in [2.45, 2.75) is 13.5 Å². The molecule has 2 heterocycles. The first-order chi connectivity index (χ1) is 10.2. The third kappa shape index (κ3) is 3.34. The van der Waals surface area contributed by atoms with Crippen molar-refractivity contribution in [3.8, 4) is 11.5 Å². The van der Waals surface area contributed by atoms with Gasteiger partial charge in [0, 0.05) is 24.4 Å². The number of benzene rings is 1. The zero-order valence-electron chi connectivity index (χ0n) is 11.4. The van der Waals surface area contributed by atoms with Crippen molar-refractivity contribution in [3.05, 3.63) is 35.2 Å². The van der Waals surface area contributed by atoms with Crippen LogP contribution >= 0.6 is 11.6 Å². The van der Waals surface area contributed by atoms with Crippen molar-refractivity contribution in [3.63, 3.8) is 0 Å². The summed E-state index contributed by atoms with van der Waals surface area (Å²) in [6.07, 6.45) is 0. The molecule has 1 aliphatic heterocycles. The van der Waals surface area contributed by atoms with Crippen LogP contribution in [0.3, 0.4) is 0 Å². The molecule has 0 fully saturated rings. The van der Waals surface area contributed by atoms with E-state index in [9.17, 15) is 0 Å².